The molecule has 0 atom stereocenters. The molecule has 0 aliphatic rings. The maximum atomic E-state index is 10.9. The van der Waals surface area contributed by atoms with Gasteiger partial charge in [-0.1, -0.05) is 0 Å². The molecule has 0 radical (unpaired) electrons. The highest BCUT2D eigenvalue weighted by molar-refractivity contribution is 7.13. The van der Waals surface area contributed by atoms with E-state index in [0.29, 0.717) is 11.4 Å². The summed E-state index contributed by atoms with van der Waals surface area (Å²) >= 11 is 1.39. The molecule has 0 aromatic carbocycles. The lowest BCUT2D eigenvalue weighted by atomic mass is 10.2. The summed E-state index contributed by atoms with van der Waals surface area (Å²) in [6, 6.07) is 0. The third-order valence-corrected chi connectivity index (χ3v) is 3.14. The number of nitrogens with zero attached hydrogens (tertiary/aromatic N) is 1. The lowest BCUT2D eigenvalue weighted by Crippen LogP contribution is -2.09. The first-order valence-corrected chi connectivity index (χ1v) is 5.43. The van der Waals surface area contributed by atoms with Crippen LogP contribution in [0.2, 0.25) is 0 Å². The second-order valence-corrected chi connectivity index (χ2v) is 4.22. The fraction of sp³-hybridized carbons (Fsp3) is 0.556. The van der Waals surface area contributed by atoms with Gasteiger partial charge in [0.05, 0.1) is 10.7 Å². The van der Waals surface area contributed by atoms with Crippen molar-refractivity contribution in [2.75, 3.05) is 6.54 Å². The van der Waals surface area contributed by atoms with Crippen LogP contribution in [0.15, 0.2) is 0 Å². The van der Waals surface area contributed by atoms with Crippen molar-refractivity contribution in [2.24, 2.45) is 11.5 Å². The van der Waals surface area contributed by atoms with E-state index in [1.807, 2.05) is 6.92 Å². The van der Waals surface area contributed by atoms with Crippen LogP contribution in [0.4, 0.5) is 0 Å². The second-order valence-electron chi connectivity index (χ2n) is 3.13. The third-order valence-electron chi connectivity index (χ3n) is 1.91. The molecule has 1 heterocycles. The molecular weight excluding hydrogens is 198 g/mol. The van der Waals surface area contributed by atoms with E-state index in [9.17, 15) is 4.79 Å². The molecule has 0 bridgehead atoms. The van der Waals surface area contributed by atoms with Crippen molar-refractivity contribution in [1.82, 2.24) is 4.98 Å². The summed E-state index contributed by atoms with van der Waals surface area (Å²) in [4.78, 5) is 15.8. The molecule has 0 aliphatic heterocycles. The summed E-state index contributed by atoms with van der Waals surface area (Å²) in [6.07, 6.45) is 2.89. The van der Waals surface area contributed by atoms with Gasteiger partial charge in [-0.2, -0.15) is 0 Å². The van der Waals surface area contributed by atoms with Crippen molar-refractivity contribution in [3.63, 3.8) is 0 Å². The molecule has 0 fully saturated rings. The second kappa shape index (κ2) is 5.07. The summed E-state index contributed by atoms with van der Waals surface area (Å²) in [6.45, 7) is 2.51. The van der Waals surface area contributed by atoms with Gasteiger partial charge in [0.1, 0.15) is 4.88 Å². The smallest absolute Gasteiger partial charge is 0.260 e. The Labute approximate surface area is 87.3 Å². The summed E-state index contributed by atoms with van der Waals surface area (Å²) in [5.74, 6) is -0.384. The molecule has 0 saturated carbocycles. The van der Waals surface area contributed by atoms with Crippen molar-refractivity contribution in [1.29, 1.82) is 0 Å². The number of primary amides is 1. The molecule has 0 aliphatic carbocycles. The van der Waals surface area contributed by atoms with Crippen LogP contribution >= 0.6 is 11.3 Å². The van der Waals surface area contributed by atoms with Gasteiger partial charge in [-0.15, -0.1) is 11.3 Å². The summed E-state index contributed by atoms with van der Waals surface area (Å²) in [5, 5.41) is 0.977. The number of hydrogen-bond acceptors (Lipinski definition) is 4. The maximum absolute atomic E-state index is 10.9. The first-order valence-electron chi connectivity index (χ1n) is 4.61. The molecule has 0 unspecified atom stereocenters. The average Bonchev–Trinajstić information content (AvgIpc) is 2.47. The lowest BCUT2D eigenvalue weighted by molar-refractivity contribution is 0.100. The van der Waals surface area contributed by atoms with E-state index < -0.39 is 0 Å². The average molecular weight is 213 g/mol. The van der Waals surface area contributed by atoms with Gasteiger partial charge < -0.3 is 11.5 Å². The van der Waals surface area contributed by atoms with Gasteiger partial charge in [0.15, 0.2) is 0 Å². The Balaban J connectivity index is 2.62. The van der Waals surface area contributed by atoms with Crippen molar-refractivity contribution in [2.45, 2.75) is 26.2 Å². The molecular formula is C9H15N3OS. The van der Waals surface area contributed by atoms with Gasteiger partial charge in [-0.05, 0) is 32.7 Å². The molecule has 14 heavy (non-hydrogen) atoms. The number of aryl methyl sites for hydroxylation is 2. The van der Waals surface area contributed by atoms with E-state index in [4.69, 9.17) is 11.5 Å². The Morgan fingerprint density at radius 2 is 2.21 bits per heavy atom. The highest BCUT2D eigenvalue weighted by Crippen LogP contribution is 2.18. The predicted molar refractivity (Wildman–Crippen MR) is 57.4 cm³/mol. The number of hydrogen-bond donors (Lipinski definition) is 2. The normalized spacial score (nSPS) is 10.4. The van der Waals surface area contributed by atoms with E-state index >= 15 is 0 Å². The standard InChI is InChI=1S/C9H15N3OS/c1-6-8(9(11)13)14-7(12-6)4-2-3-5-10/h2-5,10H2,1H3,(H2,11,13). The van der Waals surface area contributed by atoms with Gasteiger partial charge in [0, 0.05) is 0 Å². The fourth-order valence-corrected chi connectivity index (χ4v) is 2.17. The number of nitrogens with two attached hydrogens (primary N) is 2. The number of unbranched alkanes of at least 4 members (excludes halogenated alkanes) is 1. The van der Waals surface area contributed by atoms with Crippen LogP contribution in [0.5, 0.6) is 0 Å². The van der Waals surface area contributed by atoms with Crippen LogP contribution in [0.1, 0.15) is 33.2 Å². The van der Waals surface area contributed by atoms with E-state index in [0.717, 1.165) is 30.0 Å². The Morgan fingerprint density at radius 1 is 1.50 bits per heavy atom. The van der Waals surface area contributed by atoms with Crippen molar-refractivity contribution < 1.29 is 4.79 Å². The number of carbonyl (C=O) groups is 1. The molecule has 1 rings (SSSR count). The van der Waals surface area contributed by atoms with Crippen LogP contribution in [0.3, 0.4) is 0 Å². The molecule has 5 heteroatoms. The van der Waals surface area contributed by atoms with Crippen molar-refractivity contribution in [3.8, 4) is 0 Å². The van der Waals surface area contributed by atoms with E-state index in [2.05, 4.69) is 4.98 Å². The van der Waals surface area contributed by atoms with Gasteiger partial charge in [-0.3, -0.25) is 4.79 Å². The third kappa shape index (κ3) is 2.78. The fourth-order valence-electron chi connectivity index (χ4n) is 1.21. The topological polar surface area (TPSA) is 82.0 Å². The molecule has 1 amide bonds. The Morgan fingerprint density at radius 3 is 2.71 bits per heavy atom. The van der Waals surface area contributed by atoms with E-state index in [1.54, 1.807) is 0 Å². The SMILES string of the molecule is Cc1nc(CCCCN)sc1C(N)=O. The Hall–Kier alpha value is -0.940. The number of thiazole rings is 1. The summed E-state index contributed by atoms with van der Waals surface area (Å²) in [7, 11) is 0. The summed E-state index contributed by atoms with van der Waals surface area (Å²) < 4.78 is 0. The zero-order valence-electron chi connectivity index (χ0n) is 8.25. The van der Waals surface area contributed by atoms with Crippen LogP contribution in [-0.2, 0) is 6.42 Å². The Bertz CT molecular complexity index is 322. The van der Waals surface area contributed by atoms with Crippen molar-refractivity contribution in [3.05, 3.63) is 15.6 Å². The highest BCUT2D eigenvalue weighted by Gasteiger charge is 2.11. The first kappa shape index (κ1) is 11.1. The van der Waals surface area contributed by atoms with Gasteiger partial charge >= 0.3 is 0 Å². The minimum atomic E-state index is -0.384. The number of rotatable bonds is 5. The molecule has 4 N–H and O–H groups in total. The predicted octanol–water partition coefficient (Wildman–Crippen LogP) is 0.832. The molecule has 1 aromatic heterocycles. The van der Waals surface area contributed by atoms with Crippen LogP contribution < -0.4 is 11.5 Å². The zero-order chi connectivity index (χ0) is 10.6. The van der Waals surface area contributed by atoms with Gasteiger partial charge in [0.25, 0.3) is 5.91 Å². The number of amides is 1. The van der Waals surface area contributed by atoms with Crippen LogP contribution in [0.25, 0.3) is 0 Å². The van der Waals surface area contributed by atoms with Gasteiger partial charge in [-0.25, -0.2) is 4.98 Å². The molecule has 78 valence electrons. The minimum absolute atomic E-state index is 0.384. The first-order chi connectivity index (χ1) is 6.65. The molecule has 0 saturated heterocycles. The number of carbonyl (C=O) groups excluding carboxylic acids is 1. The minimum Gasteiger partial charge on any atom is -0.365 e. The highest BCUT2D eigenvalue weighted by atomic mass is 32.1. The van der Waals surface area contributed by atoms with Crippen LogP contribution in [-0.4, -0.2) is 17.4 Å². The quantitative estimate of drug-likeness (QED) is 0.711. The molecule has 0 spiro atoms. The summed E-state index contributed by atoms with van der Waals surface area (Å²) in [5.41, 5.74) is 11.3. The van der Waals surface area contributed by atoms with Gasteiger partial charge in [0.2, 0.25) is 0 Å². The Kier molecular flexibility index (Phi) is 4.03. The number of aromatic nitrogens is 1. The maximum Gasteiger partial charge on any atom is 0.260 e. The van der Waals surface area contributed by atoms with Crippen LogP contribution in [0, 0.1) is 6.92 Å². The van der Waals surface area contributed by atoms with Crippen molar-refractivity contribution >= 4 is 17.2 Å². The largest absolute Gasteiger partial charge is 0.365 e. The molecule has 1 aromatic rings. The monoisotopic (exact) mass is 213 g/mol. The van der Waals surface area contributed by atoms with E-state index in [1.165, 1.54) is 11.3 Å². The molecule has 4 nitrogen and oxygen atoms in total. The lowest BCUT2D eigenvalue weighted by Gasteiger charge is -1.93. The zero-order valence-corrected chi connectivity index (χ0v) is 9.06. The van der Waals surface area contributed by atoms with E-state index in [-0.39, 0.29) is 5.91 Å².